The predicted octanol–water partition coefficient (Wildman–Crippen LogP) is 5.76. The number of benzene rings is 1. The molecule has 0 bridgehead atoms. The monoisotopic (exact) mass is 260 g/mol. The maximum absolute atomic E-state index is 4.36. The Hall–Kier alpha value is -1.83. The van der Waals surface area contributed by atoms with Gasteiger partial charge >= 0.3 is 0 Å². The van der Waals surface area contributed by atoms with E-state index in [0.717, 1.165) is 16.9 Å². The molecular formula is C17H28N2. The quantitative estimate of drug-likeness (QED) is 0.683. The highest BCUT2D eigenvalue weighted by Gasteiger charge is 2.01. The molecule has 19 heavy (non-hydrogen) atoms. The summed E-state index contributed by atoms with van der Waals surface area (Å²) in [7, 11) is 0. The Labute approximate surface area is 118 Å². The van der Waals surface area contributed by atoms with Crippen LogP contribution in [0.25, 0.3) is 16.6 Å². The molecule has 106 valence electrons. The Kier molecular flexibility index (Phi) is 8.27. The van der Waals surface area contributed by atoms with Crippen LogP contribution in [0.3, 0.4) is 0 Å². The summed E-state index contributed by atoms with van der Waals surface area (Å²) in [6, 6.07) is 6.23. The van der Waals surface area contributed by atoms with Gasteiger partial charge in [0.2, 0.25) is 0 Å². The molecule has 0 saturated heterocycles. The van der Waals surface area contributed by atoms with Crippen molar-refractivity contribution in [3.63, 3.8) is 0 Å². The van der Waals surface area contributed by atoms with Gasteiger partial charge in [0.15, 0.2) is 0 Å². The van der Waals surface area contributed by atoms with Crippen LogP contribution >= 0.6 is 0 Å². The number of hydrogen-bond donors (Lipinski definition) is 1. The Balaban J connectivity index is 0. The van der Waals surface area contributed by atoms with Gasteiger partial charge in [-0.15, -0.1) is 0 Å². The van der Waals surface area contributed by atoms with E-state index in [-0.39, 0.29) is 1.43 Å². The molecule has 1 heterocycles. The van der Waals surface area contributed by atoms with E-state index in [9.17, 15) is 0 Å². The summed E-state index contributed by atoms with van der Waals surface area (Å²) in [4.78, 5) is 7.60. The second-order valence-corrected chi connectivity index (χ2v) is 3.64. The van der Waals surface area contributed by atoms with Crippen molar-refractivity contribution in [3.8, 4) is 0 Å². The van der Waals surface area contributed by atoms with Crippen molar-refractivity contribution < 1.29 is 1.43 Å². The maximum Gasteiger partial charge on any atom is 0.104 e. The summed E-state index contributed by atoms with van der Waals surface area (Å²) in [5.41, 5.74) is 4.51. The van der Waals surface area contributed by atoms with E-state index in [1.807, 2.05) is 46.8 Å². The van der Waals surface area contributed by atoms with E-state index in [4.69, 9.17) is 0 Å². The van der Waals surface area contributed by atoms with E-state index in [1.165, 1.54) is 11.1 Å². The van der Waals surface area contributed by atoms with Gasteiger partial charge in [-0.3, -0.25) is 0 Å². The second kappa shape index (κ2) is 9.15. The fourth-order valence-electron chi connectivity index (χ4n) is 1.66. The Bertz CT molecular complexity index is 539. The lowest BCUT2D eigenvalue weighted by molar-refractivity contribution is 1.17. The number of rotatable bonds is 2. The van der Waals surface area contributed by atoms with Crippen LogP contribution in [0.1, 0.15) is 47.4 Å². The molecule has 0 atom stereocenters. The first-order valence-corrected chi connectivity index (χ1v) is 6.97. The molecule has 2 rings (SSSR count). The molecule has 2 aromatic rings. The average Bonchev–Trinajstić information content (AvgIpc) is 2.82. The van der Waals surface area contributed by atoms with Crippen LogP contribution in [0, 0.1) is 6.92 Å². The summed E-state index contributed by atoms with van der Waals surface area (Å²) in [5, 5.41) is 0. The Morgan fingerprint density at radius 3 is 2.47 bits per heavy atom. The highest BCUT2D eigenvalue weighted by Crippen LogP contribution is 2.19. The van der Waals surface area contributed by atoms with E-state index in [0.29, 0.717) is 0 Å². The first-order chi connectivity index (χ1) is 9.20. The van der Waals surface area contributed by atoms with Gasteiger partial charge < -0.3 is 4.98 Å². The molecular weight excluding hydrogens is 232 g/mol. The van der Waals surface area contributed by atoms with Crippen molar-refractivity contribution in [2.75, 3.05) is 0 Å². The zero-order valence-electron chi connectivity index (χ0n) is 13.0. The normalized spacial score (nSPS) is 10.1. The third-order valence-corrected chi connectivity index (χ3v) is 2.42. The highest BCUT2D eigenvalue weighted by atomic mass is 14.9. The standard InChI is InChI=1S/C13H14N2.2C2H6.H2/c1-4-5-9(2)11-6-7-12-13(8-11)15-10(3)14-12;2*1-2;/h4-8H,1H2,2-3H3,(H,14,15);2*1-2H3;1H/b9-5+;;;. The molecule has 1 aromatic carbocycles. The second-order valence-electron chi connectivity index (χ2n) is 3.64. The molecule has 0 unspecified atom stereocenters. The molecule has 0 fully saturated rings. The number of aromatic amines is 1. The lowest BCUT2D eigenvalue weighted by Gasteiger charge is -1.99. The van der Waals surface area contributed by atoms with Crippen LogP contribution in [0.5, 0.6) is 0 Å². The molecule has 0 spiro atoms. The summed E-state index contributed by atoms with van der Waals surface area (Å²) in [6.45, 7) is 15.7. The average molecular weight is 260 g/mol. The van der Waals surface area contributed by atoms with E-state index >= 15 is 0 Å². The zero-order chi connectivity index (χ0) is 14.8. The fraction of sp³-hybridized carbons (Fsp3) is 0.353. The van der Waals surface area contributed by atoms with Gasteiger partial charge in [-0.1, -0.05) is 52.5 Å². The van der Waals surface area contributed by atoms with Crippen LogP contribution in [0.4, 0.5) is 0 Å². The number of H-pyrrole nitrogens is 1. The first-order valence-electron chi connectivity index (χ1n) is 6.97. The molecule has 0 saturated carbocycles. The third kappa shape index (κ3) is 4.74. The minimum atomic E-state index is 0. The van der Waals surface area contributed by atoms with Crippen LogP contribution < -0.4 is 0 Å². The Morgan fingerprint density at radius 1 is 1.26 bits per heavy atom. The molecule has 1 aromatic heterocycles. The van der Waals surface area contributed by atoms with Gasteiger partial charge in [0.25, 0.3) is 0 Å². The molecule has 2 heteroatoms. The van der Waals surface area contributed by atoms with Gasteiger partial charge in [-0.2, -0.15) is 0 Å². The molecule has 2 nitrogen and oxygen atoms in total. The fourth-order valence-corrected chi connectivity index (χ4v) is 1.66. The number of aryl methyl sites for hydroxylation is 1. The van der Waals surface area contributed by atoms with Gasteiger partial charge in [0.1, 0.15) is 5.82 Å². The van der Waals surface area contributed by atoms with Crippen LogP contribution in [-0.2, 0) is 0 Å². The van der Waals surface area contributed by atoms with Crippen molar-refractivity contribution in [2.24, 2.45) is 0 Å². The lowest BCUT2D eigenvalue weighted by Crippen LogP contribution is -1.79. The summed E-state index contributed by atoms with van der Waals surface area (Å²) in [6.07, 6.45) is 3.81. The van der Waals surface area contributed by atoms with Crippen molar-refractivity contribution in [1.82, 2.24) is 9.97 Å². The molecule has 0 radical (unpaired) electrons. The number of hydrogen-bond acceptors (Lipinski definition) is 1. The minimum Gasteiger partial charge on any atom is -0.342 e. The number of aromatic nitrogens is 2. The van der Waals surface area contributed by atoms with Crippen molar-refractivity contribution >= 4 is 16.6 Å². The van der Waals surface area contributed by atoms with Crippen LogP contribution in [0.2, 0.25) is 0 Å². The van der Waals surface area contributed by atoms with Crippen molar-refractivity contribution in [3.05, 3.63) is 48.3 Å². The van der Waals surface area contributed by atoms with E-state index < -0.39 is 0 Å². The summed E-state index contributed by atoms with van der Waals surface area (Å²) >= 11 is 0. The number of allylic oxidation sites excluding steroid dienone is 3. The van der Waals surface area contributed by atoms with Crippen molar-refractivity contribution in [2.45, 2.75) is 41.5 Å². The van der Waals surface area contributed by atoms with E-state index in [2.05, 4.69) is 35.6 Å². The molecule has 0 amide bonds. The molecule has 0 aliphatic heterocycles. The van der Waals surface area contributed by atoms with Crippen LogP contribution in [-0.4, -0.2) is 9.97 Å². The van der Waals surface area contributed by atoms with Gasteiger partial charge in [0.05, 0.1) is 11.0 Å². The number of fused-ring (bicyclic) bond motifs is 1. The number of imidazole rings is 1. The summed E-state index contributed by atoms with van der Waals surface area (Å²) in [5.74, 6) is 0.951. The van der Waals surface area contributed by atoms with Gasteiger partial charge in [-0.25, -0.2) is 4.98 Å². The summed E-state index contributed by atoms with van der Waals surface area (Å²) < 4.78 is 0. The lowest BCUT2D eigenvalue weighted by atomic mass is 10.1. The van der Waals surface area contributed by atoms with Crippen LogP contribution in [0.15, 0.2) is 36.9 Å². The SMILES string of the molecule is C=C/C=C(\C)c1ccc2nc(C)[nH]c2c1.CC.CC.[HH]. The number of nitrogens with zero attached hydrogens (tertiary/aromatic N) is 1. The zero-order valence-corrected chi connectivity index (χ0v) is 13.0. The van der Waals surface area contributed by atoms with E-state index in [1.54, 1.807) is 6.08 Å². The molecule has 0 aliphatic rings. The Morgan fingerprint density at radius 2 is 1.89 bits per heavy atom. The maximum atomic E-state index is 4.36. The number of nitrogens with one attached hydrogen (secondary N) is 1. The first kappa shape index (κ1) is 17.2. The third-order valence-electron chi connectivity index (χ3n) is 2.42. The minimum absolute atomic E-state index is 0. The van der Waals surface area contributed by atoms with Crippen molar-refractivity contribution in [1.29, 1.82) is 0 Å². The molecule has 1 N–H and O–H groups in total. The highest BCUT2D eigenvalue weighted by molar-refractivity contribution is 5.80. The largest absolute Gasteiger partial charge is 0.342 e. The van der Waals surface area contributed by atoms with Gasteiger partial charge in [-0.05, 0) is 37.1 Å². The topological polar surface area (TPSA) is 28.7 Å². The predicted molar refractivity (Wildman–Crippen MR) is 89.5 cm³/mol. The smallest absolute Gasteiger partial charge is 0.104 e. The van der Waals surface area contributed by atoms with Gasteiger partial charge in [0, 0.05) is 1.43 Å². The molecule has 0 aliphatic carbocycles.